The average Bonchev–Trinajstić information content (AvgIpc) is 3.12. The van der Waals surface area contributed by atoms with Crippen molar-refractivity contribution in [2.75, 3.05) is 12.4 Å². The van der Waals surface area contributed by atoms with Gasteiger partial charge >= 0.3 is 0 Å². The Bertz CT molecular complexity index is 972. The maximum atomic E-state index is 14.5. The van der Waals surface area contributed by atoms with Crippen molar-refractivity contribution in [2.24, 2.45) is 7.05 Å². The highest BCUT2D eigenvalue weighted by Crippen LogP contribution is 2.25. The van der Waals surface area contributed by atoms with Crippen LogP contribution < -0.4 is 14.8 Å². The molecule has 0 spiro atoms. The number of anilines is 2. The molecule has 0 radical (unpaired) electrons. The molecule has 1 aromatic carbocycles. The van der Waals surface area contributed by atoms with Crippen LogP contribution >= 0.6 is 0 Å². The standard InChI is InChI=1S/C19H20FN5O3/c1-4-16(26)12-5-13(18(20)17(6-12)27-3)11-28-15-8-21-19(22-9-15)24-14-7-23-25(2)10-14/h5-10H,4,11H2,1-3H3,(H,21,22,24). The summed E-state index contributed by atoms with van der Waals surface area (Å²) in [7, 11) is 3.16. The number of aryl methyl sites for hydroxylation is 1. The third-order valence-corrected chi connectivity index (χ3v) is 3.96. The van der Waals surface area contributed by atoms with Crippen molar-refractivity contribution in [3.63, 3.8) is 0 Å². The van der Waals surface area contributed by atoms with Gasteiger partial charge in [0.15, 0.2) is 23.1 Å². The summed E-state index contributed by atoms with van der Waals surface area (Å²) in [5.41, 5.74) is 1.35. The Morgan fingerprint density at radius 2 is 2.00 bits per heavy atom. The Morgan fingerprint density at radius 3 is 2.61 bits per heavy atom. The number of nitrogens with one attached hydrogen (secondary N) is 1. The number of hydrogen-bond donors (Lipinski definition) is 1. The average molecular weight is 385 g/mol. The molecule has 9 heteroatoms. The zero-order valence-corrected chi connectivity index (χ0v) is 15.8. The number of halogens is 1. The quantitative estimate of drug-likeness (QED) is 0.595. The maximum Gasteiger partial charge on any atom is 0.227 e. The van der Waals surface area contributed by atoms with Gasteiger partial charge < -0.3 is 14.8 Å². The van der Waals surface area contributed by atoms with Gasteiger partial charge in [-0.25, -0.2) is 14.4 Å². The fourth-order valence-corrected chi connectivity index (χ4v) is 2.51. The van der Waals surface area contributed by atoms with Crippen LogP contribution in [0.4, 0.5) is 16.0 Å². The summed E-state index contributed by atoms with van der Waals surface area (Å²) in [5, 5.41) is 7.05. The largest absolute Gasteiger partial charge is 0.494 e. The minimum absolute atomic E-state index is 0.00479. The van der Waals surface area contributed by atoms with E-state index < -0.39 is 5.82 Å². The Hall–Kier alpha value is -3.49. The van der Waals surface area contributed by atoms with Crippen molar-refractivity contribution in [3.05, 3.63) is 53.9 Å². The van der Waals surface area contributed by atoms with Crippen LogP contribution in [0.2, 0.25) is 0 Å². The van der Waals surface area contributed by atoms with E-state index in [2.05, 4.69) is 20.4 Å². The fourth-order valence-electron chi connectivity index (χ4n) is 2.51. The fraction of sp³-hybridized carbons (Fsp3) is 0.263. The summed E-state index contributed by atoms with van der Waals surface area (Å²) in [4.78, 5) is 20.3. The molecule has 0 atom stereocenters. The zero-order chi connectivity index (χ0) is 20.1. The number of rotatable bonds is 8. The molecule has 28 heavy (non-hydrogen) atoms. The van der Waals surface area contributed by atoms with Gasteiger partial charge in [-0.1, -0.05) is 6.92 Å². The van der Waals surface area contributed by atoms with Crippen molar-refractivity contribution in [3.8, 4) is 11.5 Å². The van der Waals surface area contributed by atoms with Crippen LogP contribution in [0.15, 0.2) is 36.9 Å². The molecule has 1 N–H and O–H groups in total. The van der Waals surface area contributed by atoms with Gasteiger partial charge in [-0.2, -0.15) is 5.10 Å². The van der Waals surface area contributed by atoms with E-state index in [4.69, 9.17) is 9.47 Å². The van der Waals surface area contributed by atoms with E-state index in [9.17, 15) is 9.18 Å². The number of carbonyl (C=O) groups is 1. The Balaban J connectivity index is 1.70. The van der Waals surface area contributed by atoms with Gasteiger partial charge in [0.05, 0.1) is 31.4 Å². The van der Waals surface area contributed by atoms with E-state index in [0.29, 0.717) is 23.7 Å². The highest BCUT2D eigenvalue weighted by atomic mass is 19.1. The van der Waals surface area contributed by atoms with Crippen LogP contribution in [0.5, 0.6) is 11.5 Å². The normalized spacial score (nSPS) is 10.6. The van der Waals surface area contributed by atoms with E-state index >= 15 is 0 Å². The van der Waals surface area contributed by atoms with Crippen molar-refractivity contribution >= 4 is 17.4 Å². The minimum atomic E-state index is -0.564. The van der Waals surface area contributed by atoms with Crippen LogP contribution in [0.1, 0.15) is 29.3 Å². The lowest BCUT2D eigenvalue weighted by Gasteiger charge is -2.11. The van der Waals surface area contributed by atoms with E-state index in [-0.39, 0.29) is 23.7 Å². The molecule has 0 aliphatic carbocycles. The lowest BCUT2D eigenvalue weighted by atomic mass is 10.0. The molecule has 8 nitrogen and oxygen atoms in total. The number of methoxy groups -OCH3 is 1. The molecule has 0 amide bonds. The molecule has 3 rings (SSSR count). The number of benzene rings is 1. The predicted molar refractivity (Wildman–Crippen MR) is 100 cm³/mol. The zero-order valence-electron chi connectivity index (χ0n) is 15.8. The van der Waals surface area contributed by atoms with Gasteiger partial charge in [0.25, 0.3) is 0 Å². The molecule has 2 heterocycles. The smallest absolute Gasteiger partial charge is 0.227 e. The van der Waals surface area contributed by atoms with Crippen LogP contribution in [0, 0.1) is 5.82 Å². The van der Waals surface area contributed by atoms with Crippen molar-refractivity contribution < 1.29 is 18.7 Å². The third-order valence-electron chi connectivity index (χ3n) is 3.96. The first-order valence-corrected chi connectivity index (χ1v) is 8.60. The first-order chi connectivity index (χ1) is 13.5. The lowest BCUT2D eigenvalue weighted by molar-refractivity contribution is 0.0987. The molecule has 0 fully saturated rings. The van der Waals surface area contributed by atoms with Crippen molar-refractivity contribution in [1.29, 1.82) is 0 Å². The van der Waals surface area contributed by atoms with Crippen molar-refractivity contribution in [2.45, 2.75) is 20.0 Å². The van der Waals surface area contributed by atoms with E-state index in [1.807, 2.05) is 0 Å². The number of hydrogen-bond acceptors (Lipinski definition) is 7. The minimum Gasteiger partial charge on any atom is -0.494 e. The molecule has 0 saturated heterocycles. The van der Waals surface area contributed by atoms with Gasteiger partial charge in [0.2, 0.25) is 5.95 Å². The van der Waals surface area contributed by atoms with E-state index in [1.54, 1.807) is 31.0 Å². The third kappa shape index (κ3) is 4.43. The second-order valence-corrected chi connectivity index (χ2v) is 5.99. The van der Waals surface area contributed by atoms with Crippen LogP contribution in [-0.2, 0) is 13.7 Å². The summed E-state index contributed by atoms with van der Waals surface area (Å²) in [5.74, 6) is 0.0795. The van der Waals surface area contributed by atoms with Gasteiger partial charge in [0.1, 0.15) is 6.61 Å². The van der Waals surface area contributed by atoms with Crippen molar-refractivity contribution in [1.82, 2.24) is 19.7 Å². The van der Waals surface area contributed by atoms with Gasteiger partial charge in [-0.05, 0) is 12.1 Å². The summed E-state index contributed by atoms with van der Waals surface area (Å²) in [6.45, 7) is 1.65. The Labute approximate surface area is 161 Å². The molecule has 2 aromatic heterocycles. The van der Waals surface area contributed by atoms with Crippen LogP contribution in [-0.4, -0.2) is 32.6 Å². The molecule has 0 aliphatic rings. The molecule has 3 aromatic rings. The highest BCUT2D eigenvalue weighted by molar-refractivity contribution is 5.96. The number of ketones is 1. The van der Waals surface area contributed by atoms with E-state index in [1.165, 1.54) is 31.6 Å². The Kier molecular flexibility index (Phi) is 5.83. The topological polar surface area (TPSA) is 91.2 Å². The maximum absolute atomic E-state index is 14.5. The predicted octanol–water partition coefficient (Wildman–Crippen LogP) is 3.27. The first kappa shape index (κ1) is 19.3. The number of Topliss-reactive ketones (excluding diaryl/α,β-unsaturated/α-hetero) is 1. The first-order valence-electron chi connectivity index (χ1n) is 8.60. The molecule has 0 unspecified atom stereocenters. The van der Waals surface area contributed by atoms with Crippen LogP contribution in [0.25, 0.3) is 0 Å². The molecular formula is C19H20FN5O3. The van der Waals surface area contributed by atoms with Gasteiger partial charge in [0, 0.05) is 30.8 Å². The lowest BCUT2D eigenvalue weighted by Crippen LogP contribution is -2.06. The molecular weight excluding hydrogens is 365 g/mol. The van der Waals surface area contributed by atoms with Crippen LogP contribution in [0.3, 0.4) is 0 Å². The van der Waals surface area contributed by atoms with Gasteiger partial charge in [-0.15, -0.1) is 0 Å². The number of carbonyl (C=O) groups excluding carboxylic acids is 1. The Morgan fingerprint density at radius 1 is 1.25 bits per heavy atom. The monoisotopic (exact) mass is 385 g/mol. The summed E-state index contributed by atoms with van der Waals surface area (Å²) in [6.07, 6.45) is 6.70. The van der Waals surface area contributed by atoms with Gasteiger partial charge in [-0.3, -0.25) is 9.48 Å². The molecule has 0 aliphatic heterocycles. The second kappa shape index (κ2) is 8.47. The number of nitrogens with zero attached hydrogens (tertiary/aromatic N) is 4. The molecule has 0 saturated carbocycles. The summed E-state index contributed by atoms with van der Waals surface area (Å²) in [6, 6.07) is 2.87. The van der Waals surface area contributed by atoms with E-state index in [0.717, 1.165) is 5.69 Å². The second-order valence-electron chi connectivity index (χ2n) is 5.99. The molecule has 146 valence electrons. The summed E-state index contributed by atoms with van der Waals surface area (Å²) < 4.78 is 26.7. The molecule has 0 bridgehead atoms. The summed E-state index contributed by atoms with van der Waals surface area (Å²) >= 11 is 0. The number of aromatic nitrogens is 4. The highest BCUT2D eigenvalue weighted by Gasteiger charge is 2.15. The SMILES string of the molecule is CCC(=O)c1cc(COc2cnc(Nc3cnn(C)c3)nc2)c(F)c(OC)c1. The number of ether oxygens (including phenoxy) is 2.